The van der Waals surface area contributed by atoms with Crippen molar-refractivity contribution in [2.45, 2.75) is 97.3 Å². The molecule has 2 aliphatic carbocycles. The Kier molecular flexibility index (Phi) is 7.79. The van der Waals surface area contributed by atoms with Gasteiger partial charge in [-0.05, 0) is 79.4 Å². The van der Waals surface area contributed by atoms with Gasteiger partial charge < -0.3 is 0 Å². The molecule has 0 aromatic heterocycles. The highest BCUT2D eigenvalue weighted by Gasteiger charge is 2.42. The first-order valence-corrected chi connectivity index (χ1v) is 12.7. The predicted molar refractivity (Wildman–Crippen MR) is 141 cm³/mol. The molecule has 3 rings (SSSR count). The van der Waals surface area contributed by atoms with E-state index in [9.17, 15) is 0 Å². The highest BCUT2D eigenvalue weighted by atomic mass is 32.1. The number of fused-ring (bicyclic) bond motifs is 2. The average Bonchev–Trinajstić information content (AvgIpc) is 3.03. The van der Waals surface area contributed by atoms with Gasteiger partial charge in [0, 0.05) is 10.3 Å². The van der Waals surface area contributed by atoms with Crippen LogP contribution in [0.5, 0.6) is 0 Å². The van der Waals surface area contributed by atoms with Gasteiger partial charge in [0.25, 0.3) is 0 Å². The fourth-order valence-corrected chi connectivity index (χ4v) is 6.20. The molecule has 0 bridgehead atoms. The quantitative estimate of drug-likeness (QED) is 0.224. The van der Waals surface area contributed by atoms with E-state index >= 15 is 0 Å². The molecule has 2 atom stereocenters. The van der Waals surface area contributed by atoms with E-state index < -0.39 is 0 Å². The van der Waals surface area contributed by atoms with Crippen LogP contribution in [0.4, 0.5) is 0 Å². The second kappa shape index (κ2) is 9.99. The monoisotopic (exact) mass is 434 g/mol. The molecule has 0 nitrogen and oxygen atoms in total. The first-order chi connectivity index (χ1) is 14.6. The van der Waals surface area contributed by atoms with Crippen LogP contribution in [0.3, 0.4) is 0 Å². The lowest BCUT2D eigenvalue weighted by molar-refractivity contribution is 0.422. The molecule has 2 aliphatic rings. The molecule has 0 radical (unpaired) electrons. The molecule has 1 fully saturated rings. The largest absolute Gasteiger partial charge is 0.0995 e. The third kappa shape index (κ3) is 6.07. The average molecular weight is 435 g/mol. The lowest BCUT2D eigenvalue weighted by Crippen LogP contribution is -2.29. The Morgan fingerprint density at radius 3 is 2.61 bits per heavy atom. The zero-order chi connectivity index (χ0) is 22.6. The third-order valence-corrected chi connectivity index (χ3v) is 7.54. The van der Waals surface area contributed by atoms with Gasteiger partial charge in [-0.25, -0.2) is 0 Å². The number of benzene rings is 1. The van der Waals surface area contributed by atoms with Crippen molar-refractivity contribution in [1.29, 1.82) is 0 Å². The van der Waals surface area contributed by atoms with E-state index in [0.29, 0.717) is 5.92 Å². The van der Waals surface area contributed by atoms with Crippen LogP contribution in [0, 0.1) is 11.3 Å². The summed E-state index contributed by atoms with van der Waals surface area (Å²) in [5, 5.41) is 0. The van der Waals surface area contributed by atoms with Crippen molar-refractivity contribution in [1.82, 2.24) is 0 Å². The van der Waals surface area contributed by atoms with Gasteiger partial charge in [-0.15, -0.1) is 0 Å². The zero-order valence-corrected chi connectivity index (χ0v) is 21.2. The Balaban J connectivity index is 1.71. The maximum Gasteiger partial charge on any atom is 0.0171 e. The van der Waals surface area contributed by atoms with Gasteiger partial charge in [0.05, 0.1) is 0 Å². The molecule has 168 valence electrons. The molecular weight excluding hydrogens is 392 g/mol. The van der Waals surface area contributed by atoms with Crippen LogP contribution < -0.4 is 0 Å². The summed E-state index contributed by atoms with van der Waals surface area (Å²) in [4.78, 5) is 1.08. The van der Waals surface area contributed by atoms with Crippen molar-refractivity contribution < 1.29 is 0 Å². The molecule has 1 heteroatoms. The number of thiocarbonyl (C=S) groups is 1. The van der Waals surface area contributed by atoms with Crippen molar-refractivity contribution >= 4 is 17.1 Å². The first-order valence-electron chi connectivity index (χ1n) is 12.3. The summed E-state index contributed by atoms with van der Waals surface area (Å²) >= 11 is 5.59. The Bertz CT molecular complexity index is 863. The van der Waals surface area contributed by atoms with Gasteiger partial charge in [0.2, 0.25) is 0 Å². The van der Waals surface area contributed by atoms with Crippen molar-refractivity contribution in [3.05, 3.63) is 71.3 Å². The van der Waals surface area contributed by atoms with Crippen LogP contribution in [0.15, 0.2) is 54.7 Å². The Morgan fingerprint density at radius 2 is 1.94 bits per heavy atom. The lowest BCUT2D eigenvalue weighted by atomic mass is 9.66. The summed E-state index contributed by atoms with van der Waals surface area (Å²) in [6, 6.07) is 7.34. The highest BCUT2D eigenvalue weighted by molar-refractivity contribution is 7.80. The second-order valence-corrected chi connectivity index (χ2v) is 11.8. The van der Waals surface area contributed by atoms with Gasteiger partial charge in [0.1, 0.15) is 0 Å². The van der Waals surface area contributed by atoms with Crippen LogP contribution in [-0.4, -0.2) is 4.86 Å². The van der Waals surface area contributed by atoms with E-state index in [-0.39, 0.29) is 10.8 Å². The van der Waals surface area contributed by atoms with Gasteiger partial charge in [-0.2, -0.15) is 0 Å². The van der Waals surface area contributed by atoms with E-state index in [2.05, 4.69) is 71.2 Å². The van der Waals surface area contributed by atoms with Crippen molar-refractivity contribution in [2.24, 2.45) is 11.3 Å². The van der Waals surface area contributed by atoms with E-state index in [0.717, 1.165) is 37.0 Å². The van der Waals surface area contributed by atoms with E-state index in [1.165, 1.54) is 48.8 Å². The van der Waals surface area contributed by atoms with Gasteiger partial charge in [0.15, 0.2) is 0 Å². The SMILES string of the molecule is C=C1CCC2(CCc3ccc(CC(C/C=C/C(=S)CC(C)(C)C)CCC)cc32)C(=C)C1. The number of rotatable bonds is 8. The Morgan fingerprint density at radius 1 is 1.19 bits per heavy atom. The number of allylic oxidation sites excluding steroid dienone is 4. The van der Waals surface area contributed by atoms with Crippen LogP contribution in [-0.2, 0) is 18.3 Å². The molecule has 0 N–H and O–H groups in total. The fraction of sp³-hybridized carbons (Fsp3) is 0.567. The highest BCUT2D eigenvalue weighted by Crippen LogP contribution is 2.52. The molecule has 2 unspecified atom stereocenters. The fourth-order valence-electron chi connectivity index (χ4n) is 5.67. The zero-order valence-electron chi connectivity index (χ0n) is 20.4. The van der Waals surface area contributed by atoms with Crippen LogP contribution >= 0.6 is 12.2 Å². The molecule has 1 aromatic rings. The number of hydrogen-bond donors (Lipinski definition) is 0. The first kappa shape index (κ1) is 24.2. The Hall–Kier alpha value is -1.47. The predicted octanol–water partition coefficient (Wildman–Crippen LogP) is 8.88. The molecule has 31 heavy (non-hydrogen) atoms. The molecule has 1 spiro atoms. The normalized spacial score (nSPS) is 22.3. The summed E-state index contributed by atoms with van der Waals surface area (Å²) in [6.45, 7) is 17.8. The van der Waals surface area contributed by atoms with E-state index in [1.807, 2.05) is 0 Å². The van der Waals surface area contributed by atoms with Crippen molar-refractivity contribution in [2.75, 3.05) is 0 Å². The number of hydrogen-bond acceptors (Lipinski definition) is 1. The van der Waals surface area contributed by atoms with Gasteiger partial charge >= 0.3 is 0 Å². The van der Waals surface area contributed by atoms with Gasteiger partial charge in [-0.1, -0.05) is 107 Å². The van der Waals surface area contributed by atoms with Gasteiger partial charge in [-0.3, -0.25) is 0 Å². The van der Waals surface area contributed by atoms with E-state index in [4.69, 9.17) is 12.2 Å². The van der Waals surface area contributed by atoms with Crippen LogP contribution in [0.1, 0.15) is 95.8 Å². The molecular formula is C30H42S. The maximum absolute atomic E-state index is 5.59. The van der Waals surface area contributed by atoms with Crippen molar-refractivity contribution in [3.63, 3.8) is 0 Å². The summed E-state index contributed by atoms with van der Waals surface area (Å²) in [5.74, 6) is 0.684. The second-order valence-electron chi connectivity index (χ2n) is 11.3. The molecule has 0 amide bonds. The topological polar surface area (TPSA) is 0 Å². The Labute approximate surface area is 196 Å². The third-order valence-electron chi connectivity index (χ3n) is 7.26. The molecule has 0 saturated heterocycles. The maximum atomic E-state index is 5.59. The molecule has 1 saturated carbocycles. The smallest absolute Gasteiger partial charge is 0.0171 e. The summed E-state index contributed by atoms with van der Waals surface area (Å²) in [5.41, 5.74) is 7.88. The lowest BCUT2D eigenvalue weighted by Gasteiger charge is -2.38. The summed E-state index contributed by atoms with van der Waals surface area (Å²) in [7, 11) is 0. The number of aryl methyl sites for hydroxylation is 1. The molecule has 0 aliphatic heterocycles. The standard InChI is InChI=1S/C30H42S/c1-7-9-24(10-8-11-27(31)21-29(4,5)6)19-25-12-13-26-15-17-30(28(26)20-25)16-14-22(2)18-23(30)3/h8,11-13,20,24H,2-3,7,9-10,14-19,21H2,1,4-6H3/b11-8+. The summed E-state index contributed by atoms with van der Waals surface area (Å²) < 4.78 is 0. The molecule has 0 heterocycles. The van der Waals surface area contributed by atoms with Crippen molar-refractivity contribution in [3.8, 4) is 0 Å². The minimum atomic E-state index is 0.214. The van der Waals surface area contributed by atoms with Crippen LogP contribution in [0.2, 0.25) is 0 Å². The molecule has 1 aromatic carbocycles. The summed E-state index contributed by atoms with van der Waals surface area (Å²) in [6.07, 6.45) is 16.1. The van der Waals surface area contributed by atoms with E-state index in [1.54, 1.807) is 11.1 Å². The minimum Gasteiger partial charge on any atom is -0.0995 e. The minimum absolute atomic E-state index is 0.214. The van der Waals surface area contributed by atoms with Crippen LogP contribution in [0.25, 0.3) is 0 Å².